The van der Waals surface area contributed by atoms with Crippen LogP contribution < -0.4 is 10.2 Å². The van der Waals surface area contributed by atoms with Crippen LogP contribution in [0.25, 0.3) is 0 Å². The van der Waals surface area contributed by atoms with Gasteiger partial charge in [0.1, 0.15) is 12.4 Å². The number of carbonyl (C=O) groups is 2. The number of nitrogens with zero attached hydrogens (tertiary/aromatic N) is 1. The van der Waals surface area contributed by atoms with Crippen LogP contribution in [-0.2, 0) is 9.59 Å². The van der Waals surface area contributed by atoms with Crippen molar-refractivity contribution in [2.75, 3.05) is 16.8 Å². The van der Waals surface area contributed by atoms with E-state index in [2.05, 4.69) is 5.32 Å². The molecule has 0 aromatic heterocycles. The molecule has 22 heavy (non-hydrogen) atoms. The molecule has 0 heterocycles. The lowest BCUT2D eigenvalue weighted by Crippen LogP contribution is -2.36. The predicted octanol–water partition coefficient (Wildman–Crippen LogP) is 3.13. The maximum absolute atomic E-state index is 13.1. The standard InChI is InChI=1S/C17H17FN2O2/c1-12-6-8-16(9-7-12)20(13(2)21)11-17(22)19-15-5-3-4-14(18)10-15/h3-10H,11H2,1-2H3,(H,19,22). The Kier molecular flexibility index (Phi) is 4.88. The molecule has 0 saturated heterocycles. The number of nitrogens with one attached hydrogen (secondary N) is 1. The number of halogens is 1. The van der Waals surface area contributed by atoms with Crippen molar-refractivity contribution in [1.29, 1.82) is 0 Å². The van der Waals surface area contributed by atoms with E-state index < -0.39 is 5.82 Å². The predicted molar refractivity (Wildman–Crippen MR) is 84.2 cm³/mol. The molecule has 0 fully saturated rings. The van der Waals surface area contributed by atoms with Crippen LogP contribution >= 0.6 is 0 Å². The number of hydrogen-bond acceptors (Lipinski definition) is 2. The van der Waals surface area contributed by atoms with Crippen LogP contribution in [-0.4, -0.2) is 18.4 Å². The van der Waals surface area contributed by atoms with Gasteiger partial charge >= 0.3 is 0 Å². The van der Waals surface area contributed by atoms with Gasteiger partial charge in [-0.25, -0.2) is 4.39 Å². The molecule has 2 rings (SSSR count). The van der Waals surface area contributed by atoms with Crippen LogP contribution in [0.4, 0.5) is 15.8 Å². The van der Waals surface area contributed by atoms with Crippen LogP contribution in [0.1, 0.15) is 12.5 Å². The molecule has 0 saturated carbocycles. The maximum Gasteiger partial charge on any atom is 0.244 e. The molecular formula is C17H17FN2O2. The normalized spacial score (nSPS) is 10.1. The second-order valence-corrected chi connectivity index (χ2v) is 5.00. The molecule has 2 aromatic rings. The van der Waals surface area contributed by atoms with Crippen LogP contribution in [0, 0.1) is 12.7 Å². The minimum Gasteiger partial charge on any atom is -0.324 e. The Morgan fingerprint density at radius 1 is 1.14 bits per heavy atom. The fourth-order valence-corrected chi connectivity index (χ4v) is 2.02. The van der Waals surface area contributed by atoms with Crippen molar-refractivity contribution in [2.24, 2.45) is 0 Å². The third kappa shape index (κ3) is 4.15. The zero-order chi connectivity index (χ0) is 16.1. The highest BCUT2D eigenvalue weighted by atomic mass is 19.1. The largest absolute Gasteiger partial charge is 0.324 e. The molecule has 0 atom stereocenters. The Balaban J connectivity index is 2.09. The Bertz CT molecular complexity index is 683. The van der Waals surface area contributed by atoms with E-state index in [0.717, 1.165) is 5.56 Å². The second-order valence-electron chi connectivity index (χ2n) is 5.00. The highest BCUT2D eigenvalue weighted by molar-refractivity contribution is 6.01. The monoisotopic (exact) mass is 300 g/mol. The van der Waals surface area contributed by atoms with E-state index in [9.17, 15) is 14.0 Å². The van der Waals surface area contributed by atoms with Gasteiger partial charge in [-0.2, -0.15) is 0 Å². The average molecular weight is 300 g/mol. The number of benzene rings is 2. The minimum absolute atomic E-state index is 0.130. The summed E-state index contributed by atoms with van der Waals surface area (Å²) in [6.45, 7) is 3.21. The first kappa shape index (κ1) is 15.7. The van der Waals surface area contributed by atoms with E-state index in [0.29, 0.717) is 11.4 Å². The molecule has 1 N–H and O–H groups in total. The summed E-state index contributed by atoms with van der Waals surface area (Å²) in [5, 5.41) is 2.58. The Morgan fingerprint density at radius 2 is 1.82 bits per heavy atom. The first-order valence-electron chi connectivity index (χ1n) is 6.86. The molecule has 0 aliphatic carbocycles. The summed E-state index contributed by atoms with van der Waals surface area (Å²) in [4.78, 5) is 25.2. The van der Waals surface area contributed by atoms with Gasteiger partial charge in [-0.15, -0.1) is 0 Å². The maximum atomic E-state index is 13.1. The fraction of sp³-hybridized carbons (Fsp3) is 0.176. The van der Waals surface area contributed by atoms with Crippen molar-refractivity contribution in [1.82, 2.24) is 0 Å². The molecule has 2 amide bonds. The van der Waals surface area contributed by atoms with Crippen molar-refractivity contribution < 1.29 is 14.0 Å². The molecule has 0 aliphatic heterocycles. The van der Waals surface area contributed by atoms with E-state index in [-0.39, 0.29) is 18.4 Å². The Morgan fingerprint density at radius 3 is 2.41 bits per heavy atom. The van der Waals surface area contributed by atoms with Gasteiger partial charge in [0.05, 0.1) is 0 Å². The molecule has 0 aliphatic rings. The lowest BCUT2D eigenvalue weighted by Gasteiger charge is -2.20. The molecule has 0 bridgehead atoms. The molecule has 2 aromatic carbocycles. The van der Waals surface area contributed by atoms with Crippen LogP contribution in [0.5, 0.6) is 0 Å². The van der Waals surface area contributed by atoms with Gasteiger partial charge in [0.15, 0.2) is 0 Å². The van der Waals surface area contributed by atoms with Crippen molar-refractivity contribution in [2.45, 2.75) is 13.8 Å². The number of anilines is 2. The van der Waals surface area contributed by atoms with E-state index in [4.69, 9.17) is 0 Å². The second kappa shape index (κ2) is 6.85. The van der Waals surface area contributed by atoms with E-state index in [1.54, 1.807) is 18.2 Å². The molecule has 4 nitrogen and oxygen atoms in total. The lowest BCUT2D eigenvalue weighted by atomic mass is 10.2. The first-order valence-corrected chi connectivity index (χ1v) is 6.86. The Labute approximate surface area is 128 Å². The summed E-state index contributed by atoms with van der Waals surface area (Å²) < 4.78 is 13.1. The molecule has 5 heteroatoms. The third-order valence-corrected chi connectivity index (χ3v) is 3.14. The van der Waals surface area contributed by atoms with Gasteiger partial charge in [0.25, 0.3) is 0 Å². The van der Waals surface area contributed by atoms with Gasteiger partial charge in [0, 0.05) is 18.3 Å². The zero-order valence-electron chi connectivity index (χ0n) is 12.5. The summed E-state index contributed by atoms with van der Waals surface area (Å²) in [7, 11) is 0. The fourth-order valence-electron chi connectivity index (χ4n) is 2.02. The van der Waals surface area contributed by atoms with Gasteiger partial charge in [-0.3, -0.25) is 9.59 Å². The lowest BCUT2D eigenvalue weighted by molar-refractivity contribution is -0.120. The smallest absolute Gasteiger partial charge is 0.244 e. The molecular weight excluding hydrogens is 283 g/mol. The quantitative estimate of drug-likeness (QED) is 0.943. The zero-order valence-corrected chi connectivity index (χ0v) is 12.5. The van der Waals surface area contributed by atoms with Gasteiger partial charge in [-0.1, -0.05) is 23.8 Å². The number of hydrogen-bond donors (Lipinski definition) is 1. The molecule has 0 spiro atoms. The van der Waals surface area contributed by atoms with Gasteiger partial charge in [-0.05, 0) is 37.3 Å². The Hall–Kier alpha value is -2.69. The summed E-state index contributed by atoms with van der Waals surface area (Å²) >= 11 is 0. The number of rotatable bonds is 4. The molecule has 114 valence electrons. The van der Waals surface area contributed by atoms with Crippen LogP contribution in [0.15, 0.2) is 48.5 Å². The molecule has 0 unspecified atom stereocenters. The highest BCUT2D eigenvalue weighted by Gasteiger charge is 2.15. The number of carbonyl (C=O) groups excluding carboxylic acids is 2. The first-order chi connectivity index (χ1) is 10.5. The summed E-state index contributed by atoms with van der Waals surface area (Å²) in [6, 6.07) is 12.9. The SMILES string of the molecule is CC(=O)N(CC(=O)Nc1cccc(F)c1)c1ccc(C)cc1. The van der Waals surface area contributed by atoms with Crippen LogP contribution in [0.3, 0.4) is 0 Å². The summed E-state index contributed by atoms with van der Waals surface area (Å²) in [6.07, 6.45) is 0. The molecule has 0 radical (unpaired) electrons. The summed E-state index contributed by atoms with van der Waals surface area (Å²) in [5.74, 6) is -1.06. The third-order valence-electron chi connectivity index (χ3n) is 3.14. The van der Waals surface area contributed by atoms with Gasteiger partial charge < -0.3 is 10.2 Å². The van der Waals surface area contributed by atoms with Gasteiger partial charge in [0.2, 0.25) is 11.8 Å². The van der Waals surface area contributed by atoms with Crippen molar-refractivity contribution in [3.63, 3.8) is 0 Å². The van der Waals surface area contributed by atoms with Crippen LogP contribution in [0.2, 0.25) is 0 Å². The van der Waals surface area contributed by atoms with E-state index in [1.807, 2.05) is 19.1 Å². The summed E-state index contributed by atoms with van der Waals surface area (Å²) in [5.41, 5.74) is 2.07. The number of aryl methyl sites for hydroxylation is 1. The van der Waals surface area contributed by atoms with Crippen molar-refractivity contribution >= 4 is 23.2 Å². The average Bonchev–Trinajstić information content (AvgIpc) is 2.45. The topological polar surface area (TPSA) is 49.4 Å². The number of amides is 2. The van der Waals surface area contributed by atoms with Crippen molar-refractivity contribution in [3.8, 4) is 0 Å². The van der Waals surface area contributed by atoms with Crippen molar-refractivity contribution in [3.05, 3.63) is 59.9 Å². The minimum atomic E-state index is -0.431. The van der Waals surface area contributed by atoms with E-state index >= 15 is 0 Å². The van der Waals surface area contributed by atoms with E-state index in [1.165, 1.54) is 30.0 Å². The highest BCUT2D eigenvalue weighted by Crippen LogP contribution is 2.16.